The summed E-state index contributed by atoms with van der Waals surface area (Å²) in [5, 5.41) is 3.73. The van der Waals surface area contributed by atoms with Gasteiger partial charge in [0.05, 0.1) is 12.7 Å². The van der Waals surface area contributed by atoms with Gasteiger partial charge in [0, 0.05) is 24.5 Å². The average Bonchev–Trinajstić information content (AvgIpc) is 3.40. The molecule has 0 spiro atoms. The fraction of sp³-hybridized carbons (Fsp3) is 0.407. The number of aryl methyl sites for hydroxylation is 1. The first-order chi connectivity index (χ1) is 16.6. The second-order valence-electron chi connectivity index (χ2n) is 9.72. The Labute approximate surface area is 205 Å². The summed E-state index contributed by atoms with van der Waals surface area (Å²) in [5.74, 6) is 1.70. The standard InChI is InChI=1S/C27H32N2O6/c1-17-24(25(30)28-19-11-12-29(15-19)26(31)35-27(2,3)4)22-14-21(9-10-23(22)34-17)33-16-18-7-6-8-20(13-18)32-5/h6-10,13-14,19H,11-12,15-16H2,1-5H3,(H,28,30)/t19-/m0/s1. The van der Waals surface area contributed by atoms with E-state index in [1.807, 2.05) is 57.2 Å². The molecule has 3 aromatic rings. The zero-order chi connectivity index (χ0) is 25.2. The Bertz CT molecular complexity index is 1230. The lowest BCUT2D eigenvalue weighted by atomic mass is 10.1. The highest BCUT2D eigenvalue weighted by Gasteiger charge is 2.31. The molecule has 1 aromatic heterocycles. The van der Waals surface area contributed by atoms with Crippen molar-refractivity contribution < 1.29 is 28.2 Å². The van der Waals surface area contributed by atoms with Crippen LogP contribution in [0.2, 0.25) is 0 Å². The van der Waals surface area contributed by atoms with E-state index in [1.165, 1.54) is 0 Å². The molecule has 0 bridgehead atoms. The quantitative estimate of drug-likeness (QED) is 0.530. The van der Waals surface area contributed by atoms with Crippen molar-refractivity contribution in [2.45, 2.75) is 52.4 Å². The third-order valence-electron chi connectivity index (χ3n) is 5.78. The van der Waals surface area contributed by atoms with Crippen molar-refractivity contribution in [2.24, 2.45) is 0 Å². The van der Waals surface area contributed by atoms with Gasteiger partial charge in [-0.1, -0.05) is 12.1 Å². The number of nitrogens with one attached hydrogen (secondary N) is 1. The van der Waals surface area contributed by atoms with E-state index in [0.717, 1.165) is 11.3 Å². The molecule has 2 heterocycles. The van der Waals surface area contributed by atoms with E-state index in [1.54, 1.807) is 25.0 Å². The monoisotopic (exact) mass is 480 g/mol. The van der Waals surface area contributed by atoms with E-state index in [2.05, 4.69) is 5.32 Å². The predicted octanol–water partition coefficient (Wildman–Crippen LogP) is 5.07. The molecule has 1 fully saturated rings. The SMILES string of the molecule is COc1cccc(COc2ccc3oc(C)c(C(=O)N[C@H]4CCN(C(=O)OC(C)(C)C)C4)c3c2)c1. The van der Waals surface area contributed by atoms with Crippen LogP contribution in [0, 0.1) is 6.92 Å². The Morgan fingerprint density at radius 2 is 1.94 bits per heavy atom. The van der Waals surface area contributed by atoms with Crippen LogP contribution < -0.4 is 14.8 Å². The maximum absolute atomic E-state index is 13.2. The summed E-state index contributed by atoms with van der Waals surface area (Å²) in [6, 6.07) is 13.0. The fourth-order valence-corrected chi connectivity index (χ4v) is 4.13. The number of rotatable bonds is 6. The molecule has 1 saturated heterocycles. The number of nitrogens with zero attached hydrogens (tertiary/aromatic N) is 1. The molecule has 186 valence electrons. The summed E-state index contributed by atoms with van der Waals surface area (Å²) < 4.78 is 22.5. The van der Waals surface area contributed by atoms with Crippen molar-refractivity contribution in [3.05, 3.63) is 59.4 Å². The van der Waals surface area contributed by atoms with Crippen molar-refractivity contribution in [1.82, 2.24) is 10.2 Å². The Balaban J connectivity index is 1.44. The number of carbonyl (C=O) groups is 2. The minimum atomic E-state index is -0.558. The van der Waals surface area contributed by atoms with Crippen LogP contribution in [-0.4, -0.2) is 48.7 Å². The van der Waals surface area contributed by atoms with Gasteiger partial charge in [0.25, 0.3) is 5.91 Å². The third kappa shape index (κ3) is 5.88. The zero-order valence-electron chi connectivity index (χ0n) is 20.8. The number of amides is 2. The van der Waals surface area contributed by atoms with Gasteiger partial charge in [-0.25, -0.2) is 4.79 Å². The van der Waals surface area contributed by atoms with Gasteiger partial charge in [0.15, 0.2) is 0 Å². The lowest BCUT2D eigenvalue weighted by Crippen LogP contribution is -2.40. The molecule has 1 aliphatic heterocycles. The molecular formula is C27H32N2O6. The van der Waals surface area contributed by atoms with Crippen molar-refractivity contribution in [3.63, 3.8) is 0 Å². The van der Waals surface area contributed by atoms with Crippen LogP contribution in [0.4, 0.5) is 4.79 Å². The van der Waals surface area contributed by atoms with Crippen LogP contribution in [0.15, 0.2) is 46.9 Å². The van der Waals surface area contributed by atoms with Gasteiger partial charge in [-0.3, -0.25) is 4.79 Å². The Morgan fingerprint density at radius 1 is 1.14 bits per heavy atom. The lowest BCUT2D eigenvalue weighted by molar-refractivity contribution is 0.0290. The van der Waals surface area contributed by atoms with Crippen LogP contribution in [0.3, 0.4) is 0 Å². The van der Waals surface area contributed by atoms with Gasteiger partial charge in [-0.15, -0.1) is 0 Å². The number of fused-ring (bicyclic) bond motifs is 1. The van der Waals surface area contributed by atoms with Crippen LogP contribution >= 0.6 is 0 Å². The highest BCUT2D eigenvalue weighted by molar-refractivity contribution is 6.07. The van der Waals surface area contributed by atoms with E-state index in [9.17, 15) is 9.59 Å². The number of benzene rings is 2. The van der Waals surface area contributed by atoms with Gasteiger partial charge < -0.3 is 28.8 Å². The summed E-state index contributed by atoms with van der Waals surface area (Å²) in [7, 11) is 1.63. The zero-order valence-corrected chi connectivity index (χ0v) is 20.8. The topological polar surface area (TPSA) is 90.2 Å². The highest BCUT2D eigenvalue weighted by atomic mass is 16.6. The van der Waals surface area contributed by atoms with Crippen LogP contribution in [0.5, 0.6) is 11.5 Å². The molecule has 1 atom stereocenters. The molecule has 1 N–H and O–H groups in total. The fourth-order valence-electron chi connectivity index (χ4n) is 4.13. The normalized spacial score (nSPS) is 15.8. The molecule has 2 amide bonds. The molecular weight excluding hydrogens is 448 g/mol. The predicted molar refractivity (Wildman–Crippen MR) is 132 cm³/mol. The molecule has 0 aliphatic carbocycles. The van der Waals surface area contributed by atoms with Crippen molar-refractivity contribution >= 4 is 23.0 Å². The second kappa shape index (κ2) is 9.90. The highest BCUT2D eigenvalue weighted by Crippen LogP contribution is 2.30. The van der Waals surface area contributed by atoms with Crippen molar-refractivity contribution in [1.29, 1.82) is 0 Å². The number of hydrogen-bond acceptors (Lipinski definition) is 6. The Kier molecular flexibility index (Phi) is 6.91. The number of carbonyl (C=O) groups excluding carboxylic acids is 2. The van der Waals surface area contributed by atoms with Crippen molar-refractivity contribution in [3.8, 4) is 11.5 Å². The van der Waals surface area contributed by atoms with Crippen molar-refractivity contribution in [2.75, 3.05) is 20.2 Å². The van der Waals surface area contributed by atoms with E-state index in [4.69, 9.17) is 18.6 Å². The summed E-state index contributed by atoms with van der Waals surface area (Å²) >= 11 is 0. The molecule has 1 aliphatic rings. The Hall–Kier alpha value is -3.68. The Morgan fingerprint density at radius 3 is 2.69 bits per heavy atom. The maximum atomic E-state index is 13.2. The smallest absolute Gasteiger partial charge is 0.410 e. The van der Waals surface area contributed by atoms with E-state index >= 15 is 0 Å². The van der Waals surface area contributed by atoms with Gasteiger partial charge in [-0.05, 0) is 70.0 Å². The summed E-state index contributed by atoms with van der Waals surface area (Å²) in [4.78, 5) is 27.2. The van der Waals surface area contributed by atoms with Gasteiger partial charge >= 0.3 is 6.09 Å². The molecule has 8 nitrogen and oxygen atoms in total. The molecule has 0 saturated carbocycles. The van der Waals surface area contributed by atoms with E-state index in [0.29, 0.717) is 54.2 Å². The average molecular weight is 481 g/mol. The summed E-state index contributed by atoms with van der Waals surface area (Å²) in [6.07, 6.45) is 0.298. The number of hydrogen-bond donors (Lipinski definition) is 1. The van der Waals surface area contributed by atoms with Gasteiger partial charge in [-0.2, -0.15) is 0 Å². The largest absolute Gasteiger partial charge is 0.497 e. The molecule has 4 rings (SSSR count). The summed E-state index contributed by atoms with van der Waals surface area (Å²) in [5.41, 5.74) is 1.50. The lowest BCUT2D eigenvalue weighted by Gasteiger charge is -2.24. The number of ether oxygens (including phenoxy) is 3. The van der Waals surface area contributed by atoms with Crippen LogP contribution in [0.25, 0.3) is 11.0 Å². The number of furan rings is 1. The minimum absolute atomic E-state index is 0.160. The van der Waals surface area contributed by atoms with Crippen LogP contribution in [-0.2, 0) is 11.3 Å². The third-order valence-corrected chi connectivity index (χ3v) is 5.78. The maximum Gasteiger partial charge on any atom is 0.410 e. The second-order valence-corrected chi connectivity index (χ2v) is 9.72. The minimum Gasteiger partial charge on any atom is -0.497 e. The molecule has 0 radical (unpaired) electrons. The first-order valence-electron chi connectivity index (χ1n) is 11.7. The molecule has 8 heteroatoms. The first kappa shape index (κ1) is 24.4. The molecule has 2 aromatic carbocycles. The molecule has 35 heavy (non-hydrogen) atoms. The molecule has 0 unspecified atom stereocenters. The van der Waals surface area contributed by atoms with Gasteiger partial charge in [0.2, 0.25) is 0 Å². The summed E-state index contributed by atoms with van der Waals surface area (Å²) in [6.45, 7) is 8.58. The van der Waals surface area contributed by atoms with Crippen LogP contribution in [0.1, 0.15) is 48.9 Å². The first-order valence-corrected chi connectivity index (χ1v) is 11.7. The van der Waals surface area contributed by atoms with E-state index < -0.39 is 5.60 Å². The number of methoxy groups -OCH3 is 1. The number of likely N-dealkylation sites (tertiary alicyclic amines) is 1. The van der Waals surface area contributed by atoms with Gasteiger partial charge in [0.1, 0.15) is 35.1 Å². The van der Waals surface area contributed by atoms with E-state index in [-0.39, 0.29) is 18.0 Å².